The molecule has 6 nitrogen and oxygen atoms in total. The smallest absolute Gasteiger partial charge is 0.271 e. The van der Waals surface area contributed by atoms with Gasteiger partial charge < -0.3 is 10.6 Å². The molecule has 4 saturated carbocycles. The zero-order valence-corrected chi connectivity index (χ0v) is 17.8. The van der Waals surface area contributed by atoms with Gasteiger partial charge in [0, 0.05) is 17.3 Å². The van der Waals surface area contributed by atoms with Gasteiger partial charge in [-0.15, -0.1) is 0 Å². The third-order valence-electron chi connectivity index (χ3n) is 7.80. The van der Waals surface area contributed by atoms with Crippen LogP contribution in [0, 0.1) is 29.1 Å². The number of hydrazone groups is 1. The second kappa shape index (κ2) is 6.71. The Morgan fingerprint density at radius 2 is 1.77 bits per heavy atom. The fourth-order valence-corrected chi connectivity index (χ4v) is 6.88. The maximum absolute atomic E-state index is 12.8. The van der Waals surface area contributed by atoms with Gasteiger partial charge in [0.05, 0.1) is 23.0 Å². The molecule has 4 aliphatic carbocycles. The van der Waals surface area contributed by atoms with Crippen LogP contribution in [0.1, 0.15) is 56.6 Å². The summed E-state index contributed by atoms with van der Waals surface area (Å²) in [6, 6.07) is 9.42. The van der Waals surface area contributed by atoms with Gasteiger partial charge in [-0.3, -0.25) is 4.79 Å². The van der Waals surface area contributed by atoms with E-state index in [4.69, 9.17) is 5.26 Å². The summed E-state index contributed by atoms with van der Waals surface area (Å²) in [5.41, 5.74) is 4.39. The molecule has 158 valence electrons. The molecule has 1 unspecified atom stereocenters. The van der Waals surface area contributed by atoms with Crippen molar-refractivity contribution in [1.82, 2.24) is 15.6 Å². The van der Waals surface area contributed by atoms with E-state index < -0.39 is 0 Å². The number of benzene rings is 1. The fraction of sp³-hybridized carbons (Fsp3) is 0.480. The highest BCUT2D eigenvalue weighted by Crippen LogP contribution is 2.56. The van der Waals surface area contributed by atoms with Crippen molar-refractivity contribution >= 4 is 17.3 Å². The molecule has 1 amide bonds. The Morgan fingerprint density at radius 3 is 2.39 bits per heavy atom. The third kappa shape index (κ3) is 3.15. The predicted octanol–water partition coefficient (Wildman–Crippen LogP) is 3.49. The maximum atomic E-state index is 12.8. The lowest BCUT2D eigenvalue weighted by atomic mass is 9.53. The molecule has 2 aliphatic heterocycles. The first-order valence-electron chi connectivity index (χ1n) is 11.4. The van der Waals surface area contributed by atoms with Gasteiger partial charge in [0.1, 0.15) is 6.17 Å². The number of nitrogens with one attached hydrogen (secondary N) is 2. The average Bonchev–Trinajstić information content (AvgIpc) is 2.74. The number of fused-ring (bicyclic) bond motifs is 1. The number of hydrogen-bond donors (Lipinski definition) is 2. The Hall–Kier alpha value is -3.07. The number of nitriles is 1. The van der Waals surface area contributed by atoms with Gasteiger partial charge in [-0.05, 0) is 87.0 Å². The van der Waals surface area contributed by atoms with E-state index in [0.29, 0.717) is 5.56 Å². The Morgan fingerprint density at radius 1 is 1.13 bits per heavy atom. The molecule has 1 aromatic carbocycles. The van der Waals surface area contributed by atoms with Gasteiger partial charge in [0.25, 0.3) is 5.91 Å². The van der Waals surface area contributed by atoms with Crippen LogP contribution in [-0.4, -0.2) is 28.3 Å². The van der Waals surface area contributed by atoms with Crippen molar-refractivity contribution in [2.75, 3.05) is 0 Å². The van der Waals surface area contributed by atoms with Crippen molar-refractivity contribution in [2.45, 2.75) is 57.2 Å². The normalized spacial score (nSPS) is 35.4. The molecule has 1 atom stereocenters. The van der Waals surface area contributed by atoms with Crippen LogP contribution >= 0.6 is 0 Å². The molecular formula is C25H27N5O. The Labute approximate surface area is 182 Å². The van der Waals surface area contributed by atoms with Gasteiger partial charge in [0.2, 0.25) is 0 Å². The monoisotopic (exact) mass is 413 g/mol. The van der Waals surface area contributed by atoms with Gasteiger partial charge in [0.15, 0.2) is 0 Å². The van der Waals surface area contributed by atoms with Crippen LogP contribution in [0.25, 0.3) is 5.70 Å². The molecule has 6 heteroatoms. The molecule has 4 fully saturated rings. The minimum absolute atomic E-state index is 0.132. The molecular weight excluding hydrogens is 386 g/mol. The second-order valence-corrected chi connectivity index (χ2v) is 10.1. The van der Waals surface area contributed by atoms with Crippen LogP contribution in [0.3, 0.4) is 0 Å². The molecule has 0 aromatic heterocycles. The number of amides is 1. The van der Waals surface area contributed by atoms with Crippen LogP contribution in [-0.2, 0) is 4.79 Å². The van der Waals surface area contributed by atoms with Crippen molar-refractivity contribution in [3.63, 3.8) is 0 Å². The van der Waals surface area contributed by atoms with E-state index in [2.05, 4.69) is 27.9 Å². The molecule has 7 rings (SSSR count). The first-order chi connectivity index (χ1) is 15.0. The fourth-order valence-electron chi connectivity index (χ4n) is 6.88. The number of hydrogen-bond acceptors (Lipinski definition) is 5. The van der Waals surface area contributed by atoms with Crippen LogP contribution in [0.5, 0.6) is 0 Å². The topological polar surface area (TPSA) is 80.5 Å². The standard InChI is InChI=1S/C25H27N5O/c1-15-21(28-25-11-17-6-18(12-25)8-19(7-17)13-25)9-23-27-22(10-24(31)30(23)29-15)20-4-2-16(14-26)3-5-20/h2-5,9-10,17-19,23,27-28H,6-8,11-13H2,1H3. The van der Waals surface area contributed by atoms with Crippen LogP contribution in [0.15, 0.2) is 47.2 Å². The largest absolute Gasteiger partial charge is 0.378 e. The summed E-state index contributed by atoms with van der Waals surface area (Å²) >= 11 is 0. The first-order valence-corrected chi connectivity index (χ1v) is 11.4. The quantitative estimate of drug-likeness (QED) is 0.795. The van der Waals surface area contributed by atoms with Crippen LogP contribution in [0.2, 0.25) is 0 Å². The lowest BCUT2D eigenvalue weighted by molar-refractivity contribution is -0.128. The van der Waals surface area contributed by atoms with Gasteiger partial charge >= 0.3 is 0 Å². The maximum Gasteiger partial charge on any atom is 0.271 e. The highest BCUT2D eigenvalue weighted by atomic mass is 16.2. The van der Waals surface area contributed by atoms with E-state index in [1.165, 1.54) is 43.5 Å². The summed E-state index contributed by atoms with van der Waals surface area (Å²) in [5.74, 6) is 2.48. The Balaban J connectivity index is 1.26. The Kier molecular flexibility index (Phi) is 4.05. The van der Waals surface area contributed by atoms with E-state index >= 15 is 0 Å². The summed E-state index contributed by atoms with van der Waals surface area (Å²) in [4.78, 5) is 12.8. The summed E-state index contributed by atoms with van der Waals surface area (Å²) in [5, 5.41) is 22.6. The number of carbonyl (C=O) groups is 1. The van der Waals surface area contributed by atoms with E-state index in [-0.39, 0.29) is 17.6 Å². The molecule has 2 N–H and O–H groups in total. The molecule has 1 aromatic rings. The summed E-state index contributed by atoms with van der Waals surface area (Å²) in [6.07, 6.45) is 11.4. The second-order valence-electron chi connectivity index (χ2n) is 10.1. The van der Waals surface area contributed by atoms with Crippen molar-refractivity contribution in [3.8, 4) is 6.07 Å². The molecule has 4 bridgehead atoms. The van der Waals surface area contributed by atoms with E-state index in [1.54, 1.807) is 18.2 Å². The predicted molar refractivity (Wildman–Crippen MR) is 118 cm³/mol. The average molecular weight is 414 g/mol. The molecule has 0 spiro atoms. The number of carbonyl (C=O) groups excluding carboxylic acids is 1. The van der Waals surface area contributed by atoms with E-state index in [0.717, 1.165) is 40.4 Å². The molecule has 31 heavy (non-hydrogen) atoms. The highest BCUT2D eigenvalue weighted by Gasteiger charge is 2.51. The minimum Gasteiger partial charge on any atom is -0.378 e. The highest BCUT2D eigenvalue weighted by molar-refractivity contribution is 6.02. The Bertz CT molecular complexity index is 1040. The molecule has 2 heterocycles. The van der Waals surface area contributed by atoms with Crippen molar-refractivity contribution in [1.29, 1.82) is 5.26 Å². The van der Waals surface area contributed by atoms with Crippen molar-refractivity contribution in [3.05, 3.63) is 53.2 Å². The lowest BCUT2D eigenvalue weighted by Gasteiger charge is -2.57. The summed E-state index contributed by atoms with van der Waals surface area (Å²) in [6.45, 7) is 1.99. The van der Waals surface area contributed by atoms with Crippen molar-refractivity contribution < 1.29 is 4.79 Å². The van der Waals surface area contributed by atoms with E-state index in [9.17, 15) is 4.79 Å². The van der Waals surface area contributed by atoms with Gasteiger partial charge in [-0.1, -0.05) is 12.1 Å². The number of nitrogens with zero attached hydrogens (tertiary/aromatic N) is 3. The minimum atomic E-state index is -0.316. The molecule has 6 aliphatic rings. The summed E-state index contributed by atoms with van der Waals surface area (Å²) in [7, 11) is 0. The zero-order chi connectivity index (χ0) is 21.2. The lowest BCUT2D eigenvalue weighted by Crippen LogP contribution is -2.59. The van der Waals surface area contributed by atoms with Crippen LogP contribution < -0.4 is 10.6 Å². The SMILES string of the molecule is CC1=NN2C(=O)C=C(c3ccc(C#N)cc3)NC2C=C1NC12CC3CC(CC(C3)C1)C2. The van der Waals surface area contributed by atoms with E-state index in [1.807, 2.05) is 19.1 Å². The summed E-state index contributed by atoms with van der Waals surface area (Å²) < 4.78 is 0. The van der Waals surface area contributed by atoms with Crippen LogP contribution in [0.4, 0.5) is 0 Å². The number of allylic oxidation sites excluding steroid dienone is 1. The zero-order valence-electron chi connectivity index (χ0n) is 17.8. The van der Waals surface area contributed by atoms with Gasteiger partial charge in [-0.2, -0.15) is 10.4 Å². The van der Waals surface area contributed by atoms with Crippen molar-refractivity contribution in [2.24, 2.45) is 22.9 Å². The molecule has 0 saturated heterocycles. The third-order valence-corrected chi connectivity index (χ3v) is 7.80. The van der Waals surface area contributed by atoms with Gasteiger partial charge in [-0.25, -0.2) is 5.01 Å². The molecule has 0 radical (unpaired) electrons. The first kappa shape index (κ1) is 18.7. The number of rotatable bonds is 3.